The van der Waals surface area contributed by atoms with E-state index in [0.29, 0.717) is 5.41 Å². The third kappa shape index (κ3) is 4.34. The molecule has 2 rings (SSSR count). The van der Waals surface area contributed by atoms with Crippen LogP contribution in [0.4, 0.5) is 0 Å². The Hall–Kier alpha value is -0.830. The number of nitrogens with one attached hydrogen (secondary N) is 1. The fraction of sp³-hybridized carbons (Fsp3) is 0.824. The normalized spacial score (nSPS) is 18.1. The first kappa shape index (κ1) is 15.6. The van der Waals surface area contributed by atoms with E-state index in [1.54, 1.807) is 0 Å². The third-order valence-corrected chi connectivity index (χ3v) is 4.95. The van der Waals surface area contributed by atoms with Crippen LogP contribution in [0, 0.1) is 5.41 Å². The Morgan fingerprint density at radius 1 is 1.35 bits per heavy atom. The van der Waals surface area contributed by atoms with Gasteiger partial charge in [0, 0.05) is 38.4 Å². The van der Waals surface area contributed by atoms with E-state index >= 15 is 0 Å². The minimum atomic E-state index is 0.463. The maximum absolute atomic E-state index is 4.48. The largest absolute Gasteiger partial charge is 0.338 e. The molecule has 3 nitrogen and oxygen atoms in total. The van der Waals surface area contributed by atoms with Gasteiger partial charge in [0.1, 0.15) is 5.82 Å². The van der Waals surface area contributed by atoms with E-state index in [-0.39, 0.29) is 0 Å². The summed E-state index contributed by atoms with van der Waals surface area (Å²) >= 11 is 0. The van der Waals surface area contributed by atoms with Crippen molar-refractivity contribution in [2.75, 3.05) is 6.54 Å². The molecular weight excluding hydrogens is 246 g/mol. The van der Waals surface area contributed by atoms with Gasteiger partial charge in [-0.25, -0.2) is 4.98 Å². The summed E-state index contributed by atoms with van der Waals surface area (Å²) in [5.74, 6) is 1.23. The summed E-state index contributed by atoms with van der Waals surface area (Å²) in [4.78, 5) is 4.48. The molecule has 0 saturated heterocycles. The molecule has 1 aromatic heterocycles. The molecule has 114 valence electrons. The molecule has 20 heavy (non-hydrogen) atoms. The second-order valence-electron chi connectivity index (χ2n) is 6.57. The molecule has 0 bridgehead atoms. The summed E-state index contributed by atoms with van der Waals surface area (Å²) < 4.78 is 2.16. The lowest BCUT2D eigenvalue weighted by atomic mass is 9.76. The zero-order valence-electron chi connectivity index (χ0n) is 13.5. The molecule has 1 heterocycles. The monoisotopic (exact) mass is 277 g/mol. The summed E-state index contributed by atoms with van der Waals surface area (Å²) in [6, 6.07) is 0.815. The molecule has 0 aromatic carbocycles. The zero-order chi connectivity index (χ0) is 14.4. The van der Waals surface area contributed by atoms with Gasteiger partial charge in [0.15, 0.2) is 0 Å². The minimum absolute atomic E-state index is 0.463. The summed E-state index contributed by atoms with van der Waals surface area (Å²) in [6.45, 7) is 5.86. The summed E-state index contributed by atoms with van der Waals surface area (Å²) in [6.07, 6.45) is 14.4. The molecule has 0 amide bonds. The Morgan fingerprint density at radius 2 is 2.15 bits per heavy atom. The van der Waals surface area contributed by atoms with Crippen LogP contribution in [-0.2, 0) is 13.5 Å². The molecule has 1 saturated carbocycles. The molecule has 1 atom stereocenters. The van der Waals surface area contributed by atoms with Crippen LogP contribution in [0.5, 0.6) is 0 Å². The fourth-order valence-corrected chi connectivity index (χ4v) is 2.99. The second kappa shape index (κ2) is 7.26. The highest BCUT2D eigenvalue weighted by Gasteiger charge is 2.30. The van der Waals surface area contributed by atoms with Crippen molar-refractivity contribution >= 4 is 0 Å². The molecule has 1 fully saturated rings. The van der Waals surface area contributed by atoms with Gasteiger partial charge in [-0.05, 0) is 37.5 Å². The first-order chi connectivity index (χ1) is 9.69. The lowest BCUT2D eigenvalue weighted by Crippen LogP contribution is -2.35. The van der Waals surface area contributed by atoms with Crippen molar-refractivity contribution in [3.05, 3.63) is 18.2 Å². The molecule has 0 aliphatic heterocycles. The molecule has 1 unspecified atom stereocenters. The summed E-state index contributed by atoms with van der Waals surface area (Å²) in [5, 5.41) is 3.77. The average Bonchev–Trinajstić information content (AvgIpc) is 3.21. The van der Waals surface area contributed by atoms with Crippen LogP contribution in [0.1, 0.15) is 64.6 Å². The van der Waals surface area contributed by atoms with Crippen LogP contribution >= 0.6 is 0 Å². The number of hydrogen-bond acceptors (Lipinski definition) is 2. The number of rotatable bonds is 10. The van der Waals surface area contributed by atoms with Gasteiger partial charge in [0.2, 0.25) is 0 Å². The van der Waals surface area contributed by atoms with Crippen molar-refractivity contribution in [3.8, 4) is 0 Å². The van der Waals surface area contributed by atoms with Gasteiger partial charge in [0.05, 0.1) is 0 Å². The topological polar surface area (TPSA) is 29.9 Å². The summed E-state index contributed by atoms with van der Waals surface area (Å²) in [7, 11) is 2.10. The third-order valence-electron chi connectivity index (χ3n) is 4.95. The quantitative estimate of drug-likeness (QED) is 0.707. The highest BCUT2D eigenvalue weighted by molar-refractivity contribution is 4.95. The fourth-order valence-electron chi connectivity index (χ4n) is 2.99. The van der Waals surface area contributed by atoms with E-state index in [1.165, 1.54) is 57.3 Å². The number of aryl methyl sites for hydroxylation is 2. The predicted molar refractivity (Wildman–Crippen MR) is 84.8 cm³/mol. The second-order valence-corrected chi connectivity index (χ2v) is 6.57. The van der Waals surface area contributed by atoms with Crippen LogP contribution < -0.4 is 5.32 Å². The first-order valence-electron chi connectivity index (χ1n) is 8.38. The molecule has 1 aromatic rings. The minimum Gasteiger partial charge on any atom is -0.338 e. The van der Waals surface area contributed by atoms with E-state index in [9.17, 15) is 0 Å². The lowest BCUT2D eigenvalue weighted by molar-refractivity contribution is 0.209. The van der Waals surface area contributed by atoms with Crippen LogP contribution in [0.25, 0.3) is 0 Å². The first-order valence-corrected chi connectivity index (χ1v) is 8.38. The van der Waals surface area contributed by atoms with Crippen molar-refractivity contribution in [1.29, 1.82) is 0 Å². The van der Waals surface area contributed by atoms with Crippen LogP contribution in [-0.4, -0.2) is 22.1 Å². The Bertz CT molecular complexity index is 395. The molecule has 0 radical (unpaired) electrons. The van der Waals surface area contributed by atoms with Crippen molar-refractivity contribution in [1.82, 2.24) is 14.9 Å². The van der Waals surface area contributed by atoms with Gasteiger partial charge in [-0.15, -0.1) is 0 Å². The Balaban J connectivity index is 1.93. The Kier molecular flexibility index (Phi) is 5.64. The van der Waals surface area contributed by atoms with Crippen molar-refractivity contribution in [3.63, 3.8) is 0 Å². The molecule has 3 heteroatoms. The van der Waals surface area contributed by atoms with Crippen LogP contribution in [0.2, 0.25) is 0 Å². The van der Waals surface area contributed by atoms with E-state index < -0.39 is 0 Å². The maximum atomic E-state index is 4.48. The van der Waals surface area contributed by atoms with Crippen molar-refractivity contribution < 1.29 is 0 Å². The standard InChI is InChI=1S/C17H31N3/c1-4-6-10-17(5-2,14-19-15-7-8-15)11-9-16-18-12-13-20(16)3/h12-13,15,19H,4-11,14H2,1-3H3. The zero-order valence-corrected chi connectivity index (χ0v) is 13.5. The number of hydrogen-bond donors (Lipinski definition) is 1. The smallest absolute Gasteiger partial charge is 0.108 e. The molecule has 1 N–H and O–H groups in total. The lowest BCUT2D eigenvalue weighted by Gasteiger charge is -2.33. The molecular formula is C17H31N3. The van der Waals surface area contributed by atoms with Crippen molar-refractivity contribution in [2.24, 2.45) is 12.5 Å². The molecule has 1 aliphatic carbocycles. The van der Waals surface area contributed by atoms with Gasteiger partial charge < -0.3 is 9.88 Å². The average molecular weight is 277 g/mol. The Morgan fingerprint density at radius 3 is 2.70 bits per heavy atom. The predicted octanol–water partition coefficient (Wildman–Crippen LogP) is 3.69. The molecule has 0 spiro atoms. The van der Waals surface area contributed by atoms with E-state index in [2.05, 4.69) is 42.0 Å². The van der Waals surface area contributed by atoms with Crippen molar-refractivity contribution in [2.45, 2.75) is 71.3 Å². The molecule has 1 aliphatic rings. The van der Waals surface area contributed by atoms with Crippen LogP contribution in [0.3, 0.4) is 0 Å². The number of unbranched alkanes of at least 4 members (excludes halogenated alkanes) is 1. The summed E-state index contributed by atoms with van der Waals surface area (Å²) in [5.41, 5.74) is 0.463. The van der Waals surface area contributed by atoms with E-state index in [1.807, 2.05) is 6.20 Å². The highest BCUT2D eigenvalue weighted by Crippen LogP contribution is 2.34. The number of aromatic nitrogens is 2. The van der Waals surface area contributed by atoms with E-state index in [4.69, 9.17) is 0 Å². The van der Waals surface area contributed by atoms with Gasteiger partial charge in [0.25, 0.3) is 0 Å². The van der Waals surface area contributed by atoms with Gasteiger partial charge in [-0.2, -0.15) is 0 Å². The number of nitrogens with zero attached hydrogens (tertiary/aromatic N) is 2. The van der Waals surface area contributed by atoms with Gasteiger partial charge in [-0.3, -0.25) is 0 Å². The van der Waals surface area contributed by atoms with Gasteiger partial charge in [-0.1, -0.05) is 26.7 Å². The maximum Gasteiger partial charge on any atom is 0.108 e. The number of imidazole rings is 1. The Labute approximate surface area is 124 Å². The van der Waals surface area contributed by atoms with Gasteiger partial charge >= 0.3 is 0 Å². The SMILES string of the molecule is CCCCC(CC)(CCc1nccn1C)CNC1CC1. The van der Waals surface area contributed by atoms with Crippen LogP contribution in [0.15, 0.2) is 12.4 Å². The van der Waals surface area contributed by atoms with E-state index in [0.717, 1.165) is 12.5 Å². The highest BCUT2D eigenvalue weighted by atomic mass is 15.0.